The molecule has 2 aromatic rings. The molecule has 2 aromatic carbocycles. The molecular weight excluding hydrogens is 431 g/mol. The fourth-order valence-electron chi connectivity index (χ4n) is 1.62. The van der Waals surface area contributed by atoms with E-state index in [9.17, 15) is 0 Å². The summed E-state index contributed by atoms with van der Waals surface area (Å²) in [5.41, 5.74) is 2.38. The van der Waals surface area contributed by atoms with Crippen molar-refractivity contribution in [1.29, 1.82) is 0 Å². The van der Waals surface area contributed by atoms with Gasteiger partial charge in [0.15, 0.2) is 0 Å². The van der Waals surface area contributed by atoms with Crippen molar-refractivity contribution in [3.05, 3.63) is 57.6 Å². The highest BCUT2D eigenvalue weighted by molar-refractivity contribution is 9.08. The molecule has 0 heterocycles. The number of hydrogen-bond donors (Lipinski definition) is 0. The van der Waals surface area contributed by atoms with E-state index in [0.29, 0.717) is 0 Å². The first kappa shape index (κ1) is 15.7. The molecule has 2 rings (SSSR count). The number of rotatable bonds is 4. The molecule has 0 saturated carbocycles. The molecule has 0 aliphatic rings. The Balaban J connectivity index is 2.36. The van der Waals surface area contributed by atoms with Crippen LogP contribution in [0.15, 0.2) is 46.2 Å². The molecule has 0 radical (unpaired) electrons. The molecule has 0 aliphatic carbocycles. The van der Waals surface area contributed by atoms with E-state index in [0.717, 1.165) is 20.7 Å². The van der Waals surface area contributed by atoms with E-state index in [-0.39, 0.29) is 0 Å². The van der Waals surface area contributed by atoms with Gasteiger partial charge in [0.2, 0.25) is 0 Å². The first-order valence-electron chi connectivity index (χ1n) is 5.50. The summed E-state index contributed by atoms with van der Waals surface area (Å²) in [6, 6.07) is 11.9. The van der Waals surface area contributed by atoms with E-state index in [1.807, 2.05) is 24.3 Å². The van der Waals surface area contributed by atoms with Crippen LogP contribution in [-0.4, -0.2) is 0 Å². The van der Waals surface area contributed by atoms with Gasteiger partial charge in [0.1, 0.15) is 0 Å². The summed E-state index contributed by atoms with van der Waals surface area (Å²) in [7, 11) is 0. The number of alkyl halides is 2. The molecular formula is C14H10Br2Cl2S. The van der Waals surface area contributed by atoms with Crippen LogP contribution in [0.4, 0.5) is 0 Å². The van der Waals surface area contributed by atoms with E-state index in [4.69, 9.17) is 23.2 Å². The van der Waals surface area contributed by atoms with Gasteiger partial charge in [0.05, 0.1) is 0 Å². The monoisotopic (exact) mass is 438 g/mol. The molecule has 0 N–H and O–H groups in total. The van der Waals surface area contributed by atoms with E-state index in [2.05, 4.69) is 44.0 Å². The van der Waals surface area contributed by atoms with E-state index in [1.165, 1.54) is 20.9 Å². The summed E-state index contributed by atoms with van der Waals surface area (Å²) in [6.45, 7) is 0. The fraction of sp³-hybridized carbons (Fsp3) is 0.143. The van der Waals surface area contributed by atoms with Gasteiger partial charge in [-0.05, 0) is 47.5 Å². The molecule has 0 aliphatic heterocycles. The standard InChI is InChI=1S/C14H10Br2Cl2S/c15-7-9-5-11(17)1-3-13(9)19-14-4-2-12(18)6-10(14)8-16/h1-6H,7-8H2. The third kappa shape index (κ3) is 4.15. The Morgan fingerprint density at radius 3 is 1.58 bits per heavy atom. The van der Waals surface area contributed by atoms with Crippen molar-refractivity contribution in [2.24, 2.45) is 0 Å². The average molecular weight is 441 g/mol. The van der Waals surface area contributed by atoms with E-state index in [1.54, 1.807) is 11.8 Å². The Bertz CT molecular complexity index is 536. The minimum atomic E-state index is 0.760. The van der Waals surface area contributed by atoms with Crippen LogP contribution in [0.1, 0.15) is 11.1 Å². The molecule has 0 aromatic heterocycles. The Hall–Kier alpha value is 0.330. The molecule has 100 valence electrons. The van der Waals surface area contributed by atoms with Gasteiger partial charge in [-0.15, -0.1) is 0 Å². The van der Waals surface area contributed by atoms with Crippen molar-refractivity contribution in [1.82, 2.24) is 0 Å². The molecule has 0 nitrogen and oxygen atoms in total. The summed E-state index contributed by atoms with van der Waals surface area (Å²) >= 11 is 20.8. The maximum absolute atomic E-state index is 6.02. The van der Waals surface area contributed by atoms with Gasteiger partial charge in [-0.1, -0.05) is 66.8 Å². The molecule has 0 saturated heterocycles. The van der Waals surface area contributed by atoms with Crippen molar-refractivity contribution in [2.45, 2.75) is 20.5 Å². The lowest BCUT2D eigenvalue weighted by Gasteiger charge is -2.10. The van der Waals surface area contributed by atoms with Crippen LogP contribution in [0.5, 0.6) is 0 Å². The maximum Gasteiger partial charge on any atom is 0.0409 e. The molecule has 0 fully saturated rings. The highest BCUT2D eigenvalue weighted by Gasteiger charge is 2.08. The number of halogens is 4. The zero-order valence-corrected chi connectivity index (χ0v) is 15.3. The lowest BCUT2D eigenvalue weighted by atomic mass is 10.2. The van der Waals surface area contributed by atoms with Crippen LogP contribution in [-0.2, 0) is 10.7 Å². The third-order valence-electron chi connectivity index (χ3n) is 2.55. The van der Waals surface area contributed by atoms with E-state index >= 15 is 0 Å². The van der Waals surface area contributed by atoms with Crippen molar-refractivity contribution >= 4 is 66.8 Å². The van der Waals surface area contributed by atoms with Gasteiger partial charge >= 0.3 is 0 Å². The number of benzene rings is 2. The van der Waals surface area contributed by atoms with Gasteiger partial charge in [0.25, 0.3) is 0 Å². The van der Waals surface area contributed by atoms with Crippen molar-refractivity contribution in [3.8, 4) is 0 Å². The quantitative estimate of drug-likeness (QED) is 0.464. The second-order valence-electron chi connectivity index (χ2n) is 3.87. The highest BCUT2D eigenvalue weighted by atomic mass is 79.9. The van der Waals surface area contributed by atoms with Crippen LogP contribution >= 0.6 is 66.8 Å². The first-order valence-corrected chi connectivity index (χ1v) is 9.32. The van der Waals surface area contributed by atoms with Gasteiger partial charge in [-0.2, -0.15) is 0 Å². The summed E-state index contributed by atoms with van der Waals surface area (Å²) in [4.78, 5) is 2.40. The Morgan fingerprint density at radius 2 is 1.21 bits per heavy atom. The zero-order valence-electron chi connectivity index (χ0n) is 9.80. The van der Waals surface area contributed by atoms with Gasteiger partial charge < -0.3 is 0 Å². The molecule has 0 spiro atoms. The van der Waals surface area contributed by atoms with Crippen molar-refractivity contribution in [3.63, 3.8) is 0 Å². The second-order valence-corrected chi connectivity index (χ2v) is 6.95. The van der Waals surface area contributed by atoms with Crippen LogP contribution in [0.3, 0.4) is 0 Å². The maximum atomic E-state index is 6.02. The average Bonchev–Trinajstić information content (AvgIpc) is 2.42. The summed E-state index contributed by atoms with van der Waals surface area (Å²) in [5, 5.41) is 3.09. The number of hydrogen-bond acceptors (Lipinski definition) is 1. The zero-order chi connectivity index (χ0) is 13.8. The Kier molecular flexibility index (Phi) is 6.10. The normalized spacial score (nSPS) is 10.7. The smallest absolute Gasteiger partial charge is 0.0409 e. The topological polar surface area (TPSA) is 0 Å². The van der Waals surface area contributed by atoms with Gasteiger partial charge in [0, 0.05) is 30.5 Å². The Labute approximate surface area is 144 Å². The summed E-state index contributed by atoms with van der Waals surface area (Å²) in [6.07, 6.45) is 0. The molecule has 5 heteroatoms. The minimum absolute atomic E-state index is 0.760. The molecule has 0 amide bonds. The molecule has 0 bridgehead atoms. The van der Waals surface area contributed by atoms with Crippen LogP contribution < -0.4 is 0 Å². The Morgan fingerprint density at radius 1 is 0.789 bits per heavy atom. The van der Waals surface area contributed by atoms with Gasteiger partial charge in [-0.3, -0.25) is 0 Å². The van der Waals surface area contributed by atoms with Crippen LogP contribution in [0.25, 0.3) is 0 Å². The highest BCUT2D eigenvalue weighted by Crippen LogP contribution is 2.36. The largest absolute Gasteiger partial charge is 0.0895 e. The predicted molar refractivity (Wildman–Crippen MR) is 92.3 cm³/mol. The van der Waals surface area contributed by atoms with Crippen molar-refractivity contribution in [2.75, 3.05) is 0 Å². The van der Waals surface area contributed by atoms with Crippen molar-refractivity contribution < 1.29 is 0 Å². The fourth-order valence-corrected chi connectivity index (χ4v) is 4.34. The van der Waals surface area contributed by atoms with Crippen LogP contribution in [0, 0.1) is 0 Å². The summed E-state index contributed by atoms with van der Waals surface area (Å²) < 4.78 is 0. The van der Waals surface area contributed by atoms with Crippen LogP contribution in [0.2, 0.25) is 10.0 Å². The lowest BCUT2D eigenvalue weighted by molar-refractivity contribution is 1.24. The SMILES string of the molecule is Clc1ccc(Sc2ccc(Cl)cc2CBr)c(CBr)c1. The minimum Gasteiger partial charge on any atom is -0.0895 e. The molecule has 19 heavy (non-hydrogen) atoms. The predicted octanol–water partition coefficient (Wildman–Crippen LogP) is 6.93. The molecule has 0 unspecified atom stereocenters. The molecule has 0 atom stereocenters. The lowest BCUT2D eigenvalue weighted by Crippen LogP contribution is -1.87. The summed E-state index contributed by atoms with van der Waals surface area (Å²) in [5.74, 6) is 0. The second kappa shape index (κ2) is 7.37. The third-order valence-corrected chi connectivity index (χ3v) is 5.47. The first-order chi connectivity index (χ1) is 9.13. The van der Waals surface area contributed by atoms with Gasteiger partial charge in [-0.25, -0.2) is 0 Å². The van der Waals surface area contributed by atoms with E-state index < -0.39 is 0 Å².